The molecule has 7 nitrogen and oxygen atoms in total. The van der Waals surface area contributed by atoms with E-state index in [2.05, 4.69) is 9.97 Å². The average molecular weight is 348 g/mol. The van der Waals surface area contributed by atoms with Crippen molar-refractivity contribution in [2.45, 2.75) is 18.4 Å². The predicted octanol–water partition coefficient (Wildman–Crippen LogP) is 2.76. The lowest BCUT2D eigenvalue weighted by Gasteiger charge is -2.04. The van der Waals surface area contributed by atoms with Crippen LogP contribution in [0.15, 0.2) is 45.4 Å². The Morgan fingerprint density at radius 1 is 1.12 bits per heavy atom. The minimum absolute atomic E-state index is 0.202. The maximum absolute atomic E-state index is 12.4. The van der Waals surface area contributed by atoms with E-state index in [0.717, 1.165) is 0 Å². The van der Waals surface area contributed by atoms with Crippen LogP contribution < -0.4 is 4.74 Å². The first-order valence-electron chi connectivity index (χ1n) is 7.17. The standard InChI is InChI=1S/C16H16N2O5S/c1-11-13(18-16(23-11)14-6-4-8-22-14)10-24(19,20)9-12-5-3-7-15(17-12)21-2/h3-8H,9-10H2,1-2H3. The Bertz CT molecular complexity index is 929. The van der Waals surface area contributed by atoms with E-state index in [0.29, 0.717) is 28.8 Å². The van der Waals surface area contributed by atoms with Crippen LogP contribution in [-0.2, 0) is 21.3 Å². The third kappa shape index (κ3) is 3.65. The number of methoxy groups -OCH3 is 1. The highest BCUT2D eigenvalue weighted by Crippen LogP contribution is 2.24. The monoisotopic (exact) mass is 348 g/mol. The summed E-state index contributed by atoms with van der Waals surface area (Å²) in [5.74, 6) is 1.11. The fourth-order valence-corrected chi connectivity index (χ4v) is 3.60. The Morgan fingerprint density at radius 2 is 1.96 bits per heavy atom. The van der Waals surface area contributed by atoms with Gasteiger partial charge in [-0.3, -0.25) is 0 Å². The van der Waals surface area contributed by atoms with Gasteiger partial charge in [-0.2, -0.15) is 0 Å². The maximum atomic E-state index is 12.4. The van der Waals surface area contributed by atoms with Gasteiger partial charge in [-0.1, -0.05) is 6.07 Å². The minimum atomic E-state index is -3.46. The van der Waals surface area contributed by atoms with E-state index < -0.39 is 9.84 Å². The van der Waals surface area contributed by atoms with E-state index in [4.69, 9.17) is 13.6 Å². The van der Waals surface area contributed by atoms with Crippen molar-refractivity contribution in [1.29, 1.82) is 0 Å². The quantitative estimate of drug-likeness (QED) is 0.676. The van der Waals surface area contributed by atoms with E-state index >= 15 is 0 Å². The largest absolute Gasteiger partial charge is 0.481 e. The van der Waals surface area contributed by atoms with Crippen LogP contribution in [0.4, 0.5) is 0 Å². The SMILES string of the molecule is COc1cccc(CS(=O)(=O)Cc2nc(-c3ccco3)oc2C)n1. The summed E-state index contributed by atoms with van der Waals surface area (Å²) in [6.45, 7) is 1.67. The Kier molecular flexibility index (Phi) is 4.39. The summed E-state index contributed by atoms with van der Waals surface area (Å²) in [6, 6.07) is 8.41. The summed E-state index contributed by atoms with van der Waals surface area (Å²) in [4.78, 5) is 8.35. The first-order chi connectivity index (χ1) is 11.5. The summed E-state index contributed by atoms with van der Waals surface area (Å²) in [5, 5.41) is 0. The molecule has 0 aromatic carbocycles. The highest BCUT2D eigenvalue weighted by Gasteiger charge is 2.21. The summed E-state index contributed by atoms with van der Waals surface area (Å²) in [7, 11) is -1.98. The van der Waals surface area contributed by atoms with Crippen molar-refractivity contribution >= 4 is 9.84 Å². The normalized spacial score (nSPS) is 11.6. The number of sulfone groups is 1. The van der Waals surface area contributed by atoms with Crippen molar-refractivity contribution in [1.82, 2.24) is 9.97 Å². The maximum Gasteiger partial charge on any atom is 0.263 e. The van der Waals surface area contributed by atoms with Gasteiger partial charge in [-0.25, -0.2) is 18.4 Å². The third-order valence-corrected chi connectivity index (χ3v) is 4.79. The van der Waals surface area contributed by atoms with Gasteiger partial charge >= 0.3 is 0 Å². The second-order valence-electron chi connectivity index (χ2n) is 5.20. The molecule has 126 valence electrons. The van der Waals surface area contributed by atoms with Gasteiger partial charge < -0.3 is 13.6 Å². The molecule has 0 spiro atoms. The summed E-state index contributed by atoms with van der Waals surface area (Å²) in [6.07, 6.45) is 1.50. The number of nitrogens with zero attached hydrogens (tertiary/aromatic N) is 2. The van der Waals surface area contributed by atoms with Crippen molar-refractivity contribution in [3.05, 3.63) is 53.7 Å². The molecule has 0 atom stereocenters. The molecule has 3 aromatic rings. The molecule has 0 saturated heterocycles. The zero-order valence-corrected chi connectivity index (χ0v) is 14.0. The molecule has 0 unspecified atom stereocenters. The lowest BCUT2D eigenvalue weighted by Crippen LogP contribution is -2.10. The molecule has 0 aliphatic rings. The van der Waals surface area contributed by atoms with Crippen molar-refractivity contribution in [2.75, 3.05) is 7.11 Å². The van der Waals surface area contributed by atoms with Gasteiger partial charge in [0.2, 0.25) is 5.88 Å². The van der Waals surface area contributed by atoms with E-state index in [1.165, 1.54) is 13.4 Å². The molecular formula is C16H16N2O5S. The summed E-state index contributed by atoms with van der Waals surface area (Å²) in [5.41, 5.74) is 0.783. The highest BCUT2D eigenvalue weighted by molar-refractivity contribution is 7.89. The number of aromatic nitrogens is 2. The van der Waals surface area contributed by atoms with Crippen LogP contribution in [-0.4, -0.2) is 25.5 Å². The number of oxazole rings is 1. The van der Waals surface area contributed by atoms with Crippen LogP contribution >= 0.6 is 0 Å². The van der Waals surface area contributed by atoms with Crippen LogP contribution in [0.25, 0.3) is 11.7 Å². The van der Waals surface area contributed by atoms with E-state index in [1.54, 1.807) is 37.3 Å². The molecule has 0 amide bonds. The van der Waals surface area contributed by atoms with Gasteiger partial charge in [0, 0.05) is 6.07 Å². The Balaban J connectivity index is 1.79. The zero-order valence-electron chi connectivity index (χ0n) is 13.2. The molecule has 0 aliphatic carbocycles. The molecule has 3 heterocycles. The Morgan fingerprint density at radius 3 is 2.67 bits per heavy atom. The molecule has 0 radical (unpaired) electrons. The van der Waals surface area contributed by atoms with E-state index in [9.17, 15) is 8.42 Å². The molecule has 0 saturated carbocycles. The van der Waals surface area contributed by atoms with Gasteiger partial charge in [0.15, 0.2) is 15.6 Å². The second-order valence-corrected chi connectivity index (χ2v) is 7.27. The zero-order chi connectivity index (χ0) is 17.2. The smallest absolute Gasteiger partial charge is 0.263 e. The number of hydrogen-bond donors (Lipinski definition) is 0. The molecule has 3 aromatic heterocycles. The topological polar surface area (TPSA) is 95.4 Å². The predicted molar refractivity (Wildman–Crippen MR) is 86.1 cm³/mol. The number of hydrogen-bond acceptors (Lipinski definition) is 7. The van der Waals surface area contributed by atoms with Crippen LogP contribution in [0.2, 0.25) is 0 Å². The first kappa shape index (κ1) is 16.3. The van der Waals surface area contributed by atoms with Crippen LogP contribution in [0.5, 0.6) is 5.88 Å². The Labute approximate surface area is 139 Å². The van der Waals surface area contributed by atoms with Gasteiger partial charge in [-0.05, 0) is 25.1 Å². The van der Waals surface area contributed by atoms with Crippen LogP contribution in [0.3, 0.4) is 0 Å². The number of aryl methyl sites for hydroxylation is 1. The molecule has 0 N–H and O–H groups in total. The fraction of sp³-hybridized carbons (Fsp3) is 0.250. The van der Waals surface area contributed by atoms with Gasteiger partial charge in [-0.15, -0.1) is 0 Å². The first-order valence-corrected chi connectivity index (χ1v) is 8.99. The van der Waals surface area contributed by atoms with Crippen LogP contribution in [0, 0.1) is 6.92 Å². The molecule has 8 heteroatoms. The number of rotatable bonds is 6. The lowest BCUT2D eigenvalue weighted by molar-refractivity contribution is 0.396. The van der Waals surface area contributed by atoms with Crippen molar-refractivity contribution in [3.63, 3.8) is 0 Å². The molecule has 3 rings (SSSR count). The van der Waals surface area contributed by atoms with E-state index in [-0.39, 0.29) is 17.4 Å². The van der Waals surface area contributed by atoms with Gasteiger partial charge in [0.25, 0.3) is 5.89 Å². The van der Waals surface area contributed by atoms with Gasteiger partial charge in [0.05, 0.1) is 36.3 Å². The van der Waals surface area contributed by atoms with Gasteiger partial charge in [0.1, 0.15) is 5.76 Å². The minimum Gasteiger partial charge on any atom is -0.481 e. The molecule has 0 bridgehead atoms. The summed E-state index contributed by atoms with van der Waals surface area (Å²) >= 11 is 0. The third-order valence-electron chi connectivity index (χ3n) is 3.34. The number of furan rings is 1. The van der Waals surface area contributed by atoms with Crippen molar-refractivity contribution in [3.8, 4) is 17.5 Å². The number of ether oxygens (including phenoxy) is 1. The number of pyridine rings is 1. The molecule has 0 aliphatic heterocycles. The highest BCUT2D eigenvalue weighted by atomic mass is 32.2. The summed E-state index contributed by atoms with van der Waals surface area (Å²) < 4.78 is 40.6. The van der Waals surface area contributed by atoms with Crippen molar-refractivity contribution in [2.24, 2.45) is 0 Å². The molecular weight excluding hydrogens is 332 g/mol. The Hall–Kier alpha value is -2.61. The van der Waals surface area contributed by atoms with E-state index in [1.807, 2.05) is 0 Å². The van der Waals surface area contributed by atoms with Crippen molar-refractivity contribution < 1.29 is 22.0 Å². The second kappa shape index (κ2) is 6.48. The fourth-order valence-electron chi connectivity index (χ4n) is 2.20. The van der Waals surface area contributed by atoms with Crippen LogP contribution in [0.1, 0.15) is 17.1 Å². The lowest BCUT2D eigenvalue weighted by atomic mass is 10.4. The molecule has 24 heavy (non-hydrogen) atoms. The molecule has 0 fully saturated rings. The average Bonchev–Trinajstić information content (AvgIpc) is 3.17.